The Morgan fingerprint density at radius 2 is 0.596 bits per heavy atom. The predicted octanol–water partition coefficient (Wildman–Crippen LogP) is 4.74. The van der Waals surface area contributed by atoms with Crippen molar-refractivity contribution >= 4 is 98.3 Å². The maximum atomic E-state index is 12.8. The molecule has 0 aliphatic rings. The molecule has 48 heteroatoms. The molecule has 0 radical (unpaired) electrons. The van der Waals surface area contributed by atoms with Crippen molar-refractivity contribution in [1.82, 2.24) is 0 Å². The molecule has 0 saturated carbocycles. The first kappa shape index (κ1) is 97.2. The van der Waals surface area contributed by atoms with E-state index in [1.54, 1.807) is 48.5 Å². The van der Waals surface area contributed by atoms with Crippen LogP contribution in [0.3, 0.4) is 0 Å². The highest BCUT2D eigenvalue weighted by atomic mass is 32.2. The number of carbonyl (C=O) groups excluding carboxylic acids is 8. The minimum Gasteiger partial charge on any atom is -0.743 e. The zero-order chi connectivity index (χ0) is 76.3. The molecule has 94 heavy (non-hydrogen) atoms. The first-order valence-electron chi connectivity index (χ1n) is 26.0. The third-order valence-corrected chi connectivity index (χ3v) is 16.0. The van der Waals surface area contributed by atoms with Crippen molar-refractivity contribution in [3.63, 3.8) is 0 Å². The summed E-state index contributed by atoms with van der Waals surface area (Å²) in [5, 5.41) is -25.9. The molecule has 558 valence electrons. The maximum absolute atomic E-state index is 12.8. The van der Waals surface area contributed by atoms with E-state index in [0.29, 0.717) is 25.7 Å². The van der Waals surface area contributed by atoms with Crippen LogP contribution in [0.5, 0.6) is 0 Å². The highest BCUT2D eigenvalue weighted by Crippen LogP contribution is 2.39. The standard InChI is InChI=1S/C12H20F2O7S.C10H16F2O7S.C9H14F2O7S.C8H12F4O5S.C7H12F2O5S/c1-4-11(2,3)9(15)20-7-5-6-8-21-10(16)12(13,14)22(17,18)19;1-4-9(2,3)7(13)18-5-6-19-8(14)10(11,12)20(15,16)17;1-4-8(2,3)6(12)17-5-18-7(13)9(10,11)19(14,15)16;1-3-5(2)6(13)17-4-7(9,10)8(11,12)18(14,15)16;1-3-5(2)6(10)14-4-7(8,9)15(11,12)13/h4-8H2,1-3H3,(H,17,18,19);4-6H2,1-3H3,(H,15,16,17);4-5H2,1-3H3,(H,14,15,16);5H,3-4H2,1-2H3,(H,14,15,16);5H,3-4H2,1-2H3,(H,11,12,13)/p-5. The first-order chi connectivity index (χ1) is 41.6. The van der Waals surface area contributed by atoms with Gasteiger partial charge in [-0.3, -0.25) is 24.0 Å². The second-order valence-corrected chi connectivity index (χ2v) is 27.6. The minimum atomic E-state index is -6.56. The number of hydrogen-bond donors (Lipinski definition) is 0. The van der Waals surface area contributed by atoms with Crippen LogP contribution in [0.15, 0.2) is 0 Å². The van der Waals surface area contributed by atoms with Gasteiger partial charge >= 0.3 is 79.9 Å². The van der Waals surface area contributed by atoms with Crippen LogP contribution in [0.2, 0.25) is 0 Å². The lowest BCUT2D eigenvalue weighted by Gasteiger charge is -2.28. The molecule has 2 atom stereocenters. The second kappa shape index (κ2) is 38.4. The fourth-order valence-corrected chi connectivity index (χ4v) is 5.21. The average molecular weight is 1510 g/mol. The molecular formula is C46H69F12O31S5-5. The van der Waals surface area contributed by atoms with E-state index in [4.69, 9.17) is 4.74 Å². The van der Waals surface area contributed by atoms with Gasteiger partial charge in [0.2, 0.25) is 6.79 Å². The van der Waals surface area contributed by atoms with Gasteiger partial charge in [-0.05, 0) is 86.5 Å². The molecule has 0 bridgehead atoms. The third-order valence-electron chi connectivity index (χ3n) is 11.8. The summed E-state index contributed by atoms with van der Waals surface area (Å²) in [7, 11) is -30.8. The van der Waals surface area contributed by atoms with Crippen LogP contribution in [0.25, 0.3) is 0 Å². The smallest absolute Gasteiger partial charge is 0.429 e. The number of carbonyl (C=O) groups is 8. The van der Waals surface area contributed by atoms with Crippen molar-refractivity contribution in [2.75, 3.05) is 46.4 Å². The highest BCUT2D eigenvalue weighted by Gasteiger charge is 2.62. The van der Waals surface area contributed by atoms with Gasteiger partial charge < -0.3 is 60.7 Å². The van der Waals surface area contributed by atoms with Crippen molar-refractivity contribution < 1.29 is 194 Å². The molecule has 0 aromatic rings. The molecule has 0 heterocycles. The Bertz CT molecular complexity index is 3100. The summed E-state index contributed by atoms with van der Waals surface area (Å²) >= 11 is 0. The summed E-state index contributed by atoms with van der Waals surface area (Å²) in [6.45, 7) is 13.8. The van der Waals surface area contributed by atoms with Crippen LogP contribution in [0.1, 0.15) is 135 Å². The molecular weight excluding hydrogens is 1440 g/mol. The van der Waals surface area contributed by atoms with Crippen LogP contribution < -0.4 is 0 Å². The lowest BCUT2D eigenvalue weighted by atomic mass is 9.91. The van der Waals surface area contributed by atoms with Crippen molar-refractivity contribution in [3.8, 4) is 0 Å². The number of unbranched alkanes of at least 4 members (excludes halogenated alkanes) is 1. The molecule has 0 spiro atoms. The van der Waals surface area contributed by atoms with Gasteiger partial charge in [0.15, 0.2) is 63.8 Å². The number of alkyl halides is 12. The van der Waals surface area contributed by atoms with E-state index in [1.165, 1.54) is 34.6 Å². The van der Waals surface area contributed by atoms with Gasteiger partial charge in [-0.1, -0.05) is 48.5 Å². The van der Waals surface area contributed by atoms with E-state index >= 15 is 0 Å². The van der Waals surface area contributed by atoms with Crippen molar-refractivity contribution in [2.45, 2.75) is 167 Å². The van der Waals surface area contributed by atoms with Gasteiger partial charge in [0.05, 0.1) is 41.3 Å². The number of halogens is 12. The molecule has 0 N–H and O–H groups in total. The molecule has 0 amide bonds. The molecule has 0 saturated heterocycles. The minimum absolute atomic E-state index is 0.00998. The Hall–Kier alpha value is -5.53. The summed E-state index contributed by atoms with van der Waals surface area (Å²) in [5.41, 5.74) is -2.33. The van der Waals surface area contributed by atoms with E-state index in [9.17, 15) is 156 Å². The maximum Gasteiger partial charge on any atom is 0.429 e. The van der Waals surface area contributed by atoms with E-state index in [-0.39, 0.29) is 25.9 Å². The molecule has 0 aliphatic heterocycles. The fraction of sp³-hybridized carbons (Fsp3) is 0.826. The van der Waals surface area contributed by atoms with Gasteiger partial charge in [0, 0.05) is 0 Å². The van der Waals surface area contributed by atoms with Crippen LogP contribution >= 0.6 is 0 Å². The average Bonchev–Trinajstić information content (AvgIpc) is 0.790. The van der Waals surface area contributed by atoms with Gasteiger partial charge in [0.1, 0.15) is 13.2 Å². The zero-order valence-corrected chi connectivity index (χ0v) is 55.9. The van der Waals surface area contributed by atoms with Crippen molar-refractivity contribution in [3.05, 3.63) is 0 Å². The third kappa shape index (κ3) is 32.5. The Morgan fingerprint density at radius 3 is 0.862 bits per heavy atom. The molecule has 0 aliphatic carbocycles. The van der Waals surface area contributed by atoms with Gasteiger partial charge in [-0.25, -0.2) is 56.5 Å². The van der Waals surface area contributed by atoms with Gasteiger partial charge in [-0.15, -0.1) is 0 Å². The monoisotopic (exact) mass is 1510 g/mol. The van der Waals surface area contributed by atoms with Crippen LogP contribution in [0, 0.1) is 28.1 Å². The summed E-state index contributed by atoms with van der Waals surface area (Å²) in [5.74, 6) is -18.2. The van der Waals surface area contributed by atoms with Crippen molar-refractivity contribution in [2.24, 2.45) is 28.1 Å². The Kier molecular flexibility index (Phi) is 39.7. The highest BCUT2D eigenvalue weighted by molar-refractivity contribution is 7.88. The molecule has 0 aromatic carbocycles. The normalized spacial score (nSPS) is 13.6. The van der Waals surface area contributed by atoms with Crippen LogP contribution in [-0.2, 0) is 127 Å². The molecule has 0 rings (SSSR count). The number of rotatable bonds is 33. The van der Waals surface area contributed by atoms with Gasteiger partial charge in [-0.2, -0.15) is 52.7 Å². The molecule has 0 aromatic heterocycles. The Balaban J connectivity index is -0.000000353. The summed E-state index contributed by atoms with van der Waals surface area (Å²) < 4.78 is 336. The number of esters is 8. The Labute approximate surface area is 532 Å². The molecule has 0 fully saturated rings. The molecule has 2 unspecified atom stereocenters. The van der Waals surface area contributed by atoms with E-state index in [0.717, 1.165) is 0 Å². The topological polar surface area (TPSA) is 496 Å². The number of hydrogen-bond acceptors (Lipinski definition) is 31. The SMILES string of the molecule is CCC(C)(C)C(=O)OCCCCOC(=O)C(F)(F)S(=O)(=O)[O-].CCC(C)(C)C(=O)OCCOC(=O)C(F)(F)S(=O)(=O)[O-].CCC(C)(C)C(=O)OCOC(=O)C(F)(F)S(=O)(=O)[O-].CCC(C)C(=O)OCC(F)(F)C(F)(F)S(=O)(=O)[O-].CCC(C)C(=O)OCC(F)(F)S(=O)(=O)[O-]. The zero-order valence-electron chi connectivity index (χ0n) is 51.8. The summed E-state index contributed by atoms with van der Waals surface area (Å²) in [6.07, 6.45) is 2.33. The number of ether oxygens (including phenoxy) is 8. The van der Waals surface area contributed by atoms with E-state index in [1.807, 2.05) is 6.92 Å². The largest absolute Gasteiger partial charge is 0.743 e. The Morgan fingerprint density at radius 1 is 0.351 bits per heavy atom. The van der Waals surface area contributed by atoms with Crippen LogP contribution in [-0.4, -0.2) is 191 Å². The summed E-state index contributed by atoms with van der Waals surface area (Å²) in [6, 6.07) is 0. The van der Waals surface area contributed by atoms with Gasteiger partial charge in [0.25, 0.3) is 0 Å². The van der Waals surface area contributed by atoms with Crippen molar-refractivity contribution in [1.29, 1.82) is 0 Å². The second-order valence-electron chi connectivity index (χ2n) is 20.5. The van der Waals surface area contributed by atoms with E-state index in [2.05, 4.69) is 33.2 Å². The first-order valence-corrected chi connectivity index (χ1v) is 33.0. The fourth-order valence-electron chi connectivity index (χ4n) is 3.79. The van der Waals surface area contributed by atoms with Crippen LogP contribution in [0.4, 0.5) is 52.7 Å². The summed E-state index contributed by atoms with van der Waals surface area (Å²) in [4.78, 5) is 88.4. The quantitative estimate of drug-likeness (QED) is 0.0214. The van der Waals surface area contributed by atoms with E-state index < -0.39 is 198 Å². The lowest BCUT2D eigenvalue weighted by molar-refractivity contribution is -0.198. The lowest BCUT2D eigenvalue weighted by Crippen LogP contribution is -2.50. The molecule has 31 nitrogen and oxygen atoms in total. The predicted molar refractivity (Wildman–Crippen MR) is 281 cm³/mol.